The van der Waals surface area contributed by atoms with Crippen LogP contribution in [-0.2, 0) is 0 Å². The Morgan fingerprint density at radius 1 is 0.800 bits per heavy atom. The van der Waals surface area contributed by atoms with Crippen molar-refractivity contribution >= 4 is 16.9 Å². The summed E-state index contributed by atoms with van der Waals surface area (Å²) >= 11 is 1.88. The number of rotatable bonds is 7. The van der Waals surface area contributed by atoms with Crippen molar-refractivity contribution < 1.29 is 0 Å². The van der Waals surface area contributed by atoms with Gasteiger partial charge in [0, 0.05) is 0 Å². The summed E-state index contributed by atoms with van der Waals surface area (Å²) in [6.07, 6.45) is 10.2. The van der Waals surface area contributed by atoms with E-state index in [-0.39, 0.29) is 0 Å². The molecule has 0 N–H and O–H groups in total. The molecular weight excluding hydrogens is 183 g/mol. The molecule has 0 aliphatic heterocycles. The van der Waals surface area contributed by atoms with Gasteiger partial charge >= 0.3 is 73.9 Å². The van der Waals surface area contributed by atoms with Gasteiger partial charge in [0.2, 0.25) is 0 Å². The van der Waals surface area contributed by atoms with Crippen molar-refractivity contribution in [3.63, 3.8) is 0 Å². The van der Waals surface area contributed by atoms with Crippen LogP contribution in [0.5, 0.6) is 0 Å². The second-order valence-electron chi connectivity index (χ2n) is 2.91. The molecule has 0 aliphatic rings. The average Bonchev–Trinajstić information content (AvgIpc) is 1.97. The molecule has 10 heavy (non-hydrogen) atoms. The van der Waals surface area contributed by atoms with Crippen LogP contribution in [0.3, 0.4) is 0 Å². The summed E-state index contributed by atoms with van der Waals surface area (Å²) < 4.78 is 0. The van der Waals surface area contributed by atoms with Crippen molar-refractivity contribution in [3.05, 3.63) is 0 Å². The Labute approximate surface area is 74.3 Å². The molecule has 1 heteroatoms. The van der Waals surface area contributed by atoms with Crippen LogP contribution >= 0.6 is 0 Å². The van der Waals surface area contributed by atoms with E-state index in [2.05, 4.69) is 6.92 Å². The number of unbranched alkanes of at least 4 members (excludes halogenated alkanes) is 6. The van der Waals surface area contributed by atoms with Gasteiger partial charge in [0.15, 0.2) is 0 Å². The van der Waals surface area contributed by atoms with E-state index in [9.17, 15) is 0 Å². The fourth-order valence-corrected chi connectivity index (χ4v) is 1.71. The summed E-state index contributed by atoms with van der Waals surface area (Å²) in [5, 5.41) is 1.43. The summed E-state index contributed by atoms with van der Waals surface area (Å²) in [5.74, 6) is 0. The molecule has 0 fully saturated rings. The van der Waals surface area contributed by atoms with E-state index in [0.29, 0.717) is 0 Å². The van der Waals surface area contributed by atoms with Crippen molar-refractivity contribution in [2.45, 2.75) is 57.1 Å². The molecule has 1 unspecified atom stereocenters. The van der Waals surface area contributed by atoms with Gasteiger partial charge in [-0.25, -0.2) is 0 Å². The summed E-state index contributed by atoms with van der Waals surface area (Å²) in [7, 11) is 0. The first-order chi connectivity index (χ1) is 4.91. The van der Waals surface area contributed by atoms with Gasteiger partial charge in [-0.3, -0.25) is 0 Å². The Morgan fingerprint density at radius 2 is 1.30 bits per heavy atom. The van der Waals surface area contributed by atoms with Crippen molar-refractivity contribution in [1.29, 1.82) is 0 Å². The molecule has 62 valence electrons. The molecule has 0 bridgehead atoms. The van der Waals surface area contributed by atoms with Crippen molar-refractivity contribution in [3.8, 4) is 0 Å². The first-order valence-electron chi connectivity index (χ1n) is 4.62. The summed E-state index contributed by atoms with van der Waals surface area (Å²) in [4.78, 5) is 0. The predicted octanol–water partition coefficient (Wildman–Crippen LogP) is 2.79. The first kappa shape index (κ1) is 10.6. The van der Waals surface area contributed by atoms with Gasteiger partial charge in [0.25, 0.3) is 0 Å². The normalized spacial score (nSPS) is 10.2. The maximum atomic E-state index is 2.27. The van der Waals surface area contributed by atoms with E-state index in [4.69, 9.17) is 0 Å². The third-order valence-corrected chi connectivity index (χ3v) is 2.66. The average molecular weight is 204 g/mol. The Kier molecular flexibility index (Phi) is 10.1. The second-order valence-corrected chi connectivity index (χ2v) is 4.12. The molecule has 0 rings (SSSR count). The zero-order valence-electron chi connectivity index (χ0n) is 7.23. The van der Waals surface area contributed by atoms with Crippen LogP contribution in [0.1, 0.15) is 51.9 Å². The van der Waals surface area contributed by atoms with Gasteiger partial charge in [-0.2, -0.15) is 0 Å². The van der Waals surface area contributed by atoms with E-state index in [1.807, 2.05) is 16.9 Å². The van der Waals surface area contributed by atoms with Crippen LogP contribution in [0.25, 0.3) is 0 Å². The van der Waals surface area contributed by atoms with E-state index in [1.165, 1.54) is 50.2 Å². The molecule has 0 radical (unpaired) electrons. The maximum absolute atomic E-state index is 2.27. The van der Waals surface area contributed by atoms with E-state index in [0.717, 1.165) is 0 Å². The van der Waals surface area contributed by atoms with Gasteiger partial charge in [-0.15, -0.1) is 0 Å². The van der Waals surface area contributed by atoms with Gasteiger partial charge in [0.1, 0.15) is 0 Å². The van der Waals surface area contributed by atoms with E-state index < -0.39 is 0 Å². The van der Waals surface area contributed by atoms with Crippen molar-refractivity contribution in [1.82, 2.24) is 0 Å². The molecule has 0 amide bonds. The molecule has 0 heterocycles. The molecule has 0 aromatic carbocycles. The third-order valence-electron chi connectivity index (χ3n) is 1.81. The Hall–Kier alpha value is 0.558. The van der Waals surface area contributed by atoms with Crippen LogP contribution in [0, 0.1) is 0 Å². The third kappa shape index (κ3) is 8.56. The summed E-state index contributed by atoms with van der Waals surface area (Å²) in [6, 6.07) is 0. The Morgan fingerprint density at radius 3 is 1.80 bits per heavy atom. The second kappa shape index (κ2) is 9.56. The fraction of sp³-hybridized carbons (Fsp3) is 1.00. The standard InChI is InChI=1S/C9H21As/c1-2-3-4-5-6-7-8-9-10/h2-10H2,1H3. The minimum atomic E-state index is 1.37. The van der Waals surface area contributed by atoms with Crippen molar-refractivity contribution in [2.75, 3.05) is 0 Å². The topological polar surface area (TPSA) is 0 Å². The molecule has 0 saturated carbocycles. The minimum absolute atomic E-state index is 1.37. The van der Waals surface area contributed by atoms with Crippen LogP contribution in [0.15, 0.2) is 0 Å². The van der Waals surface area contributed by atoms with Crippen LogP contribution in [-0.4, -0.2) is 16.9 Å². The Bertz CT molecular complexity index is 44.7. The molecule has 0 aromatic rings. The van der Waals surface area contributed by atoms with Crippen LogP contribution < -0.4 is 0 Å². The zero-order chi connectivity index (χ0) is 7.66. The fourth-order valence-electron chi connectivity index (χ4n) is 1.10. The molecule has 0 nitrogen and oxygen atoms in total. The SMILES string of the molecule is CCCCCCCCC[AsH2]. The molecule has 0 aromatic heterocycles. The molecular formula is C9H21As. The first-order valence-corrected chi connectivity index (χ1v) is 6.33. The molecule has 0 saturated heterocycles. The molecule has 1 atom stereocenters. The van der Waals surface area contributed by atoms with Gasteiger partial charge in [-0.05, 0) is 0 Å². The zero-order valence-corrected chi connectivity index (χ0v) is 9.66. The van der Waals surface area contributed by atoms with Gasteiger partial charge < -0.3 is 0 Å². The number of hydrogen-bond acceptors (Lipinski definition) is 0. The van der Waals surface area contributed by atoms with E-state index in [1.54, 1.807) is 0 Å². The van der Waals surface area contributed by atoms with Gasteiger partial charge in [0.05, 0.1) is 0 Å². The monoisotopic (exact) mass is 204 g/mol. The van der Waals surface area contributed by atoms with Crippen LogP contribution in [0.4, 0.5) is 0 Å². The summed E-state index contributed by atoms with van der Waals surface area (Å²) in [5.41, 5.74) is 0. The van der Waals surface area contributed by atoms with Crippen LogP contribution in [0.2, 0.25) is 5.21 Å². The van der Waals surface area contributed by atoms with Gasteiger partial charge in [-0.1, -0.05) is 0 Å². The molecule has 0 spiro atoms. The summed E-state index contributed by atoms with van der Waals surface area (Å²) in [6.45, 7) is 2.27. The Balaban J connectivity index is 2.65. The van der Waals surface area contributed by atoms with E-state index >= 15 is 0 Å². The number of hydrogen-bond donors (Lipinski definition) is 0. The predicted molar refractivity (Wildman–Crippen MR) is 51.3 cm³/mol. The van der Waals surface area contributed by atoms with Crippen molar-refractivity contribution in [2.24, 2.45) is 0 Å². The molecule has 0 aliphatic carbocycles. The quantitative estimate of drug-likeness (QED) is 0.442.